The molecule has 0 radical (unpaired) electrons. The van der Waals surface area contributed by atoms with Crippen LogP contribution in [-0.4, -0.2) is 30.8 Å². The SMILES string of the molecule is CC(C)C1CC(CN)(NC2CCCCC2)CCO1. The van der Waals surface area contributed by atoms with E-state index >= 15 is 0 Å². The molecule has 0 amide bonds. The van der Waals surface area contributed by atoms with Crippen LogP contribution in [0.2, 0.25) is 0 Å². The molecule has 1 aliphatic carbocycles. The van der Waals surface area contributed by atoms with Crippen molar-refractivity contribution in [3.63, 3.8) is 0 Å². The largest absolute Gasteiger partial charge is 0.378 e. The van der Waals surface area contributed by atoms with E-state index in [9.17, 15) is 0 Å². The monoisotopic (exact) mass is 254 g/mol. The second kappa shape index (κ2) is 6.36. The molecule has 2 fully saturated rings. The van der Waals surface area contributed by atoms with Gasteiger partial charge in [-0.2, -0.15) is 0 Å². The molecule has 2 rings (SSSR count). The predicted molar refractivity (Wildman–Crippen MR) is 75.6 cm³/mol. The summed E-state index contributed by atoms with van der Waals surface area (Å²) in [7, 11) is 0. The van der Waals surface area contributed by atoms with E-state index < -0.39 is 0 Å². The molecule has 1 saturated heterocycles. The third-order valence-electron chi connectivity index (χ3n) is 4.75. The average Bonchev–Trinajstić information content (AvgIpc) is 2.40. The summed E-state index contributed by atoms with van der Waals surface area (Å²) in [6.07, 6.45) is 9.35. The Morgan fingerprint density at radius 2 is 2.00 bits per heavy atom. The van der Waals surface area contributed by atoms with Gasteiger partial charge >= 0.3 is 0 Å². The highest BCUT2D eigenvalue weighted by Gasteiger charge is 2.38. The molecule has 1 heterocycles. The summed E-state index contributed by atoms with van der Waals surface area (Å²) < 4.78 is 5.89. The second-order valence-corrected chi connectivity index (χ2v) is 6.57. The molecule has 2 aliphatic rings. The van der Waals surface area contributed by atoms with Crippen LogP contribution in [0.5, 0.6) is 0 Å². The van der Waals surface area contributed by atoms with Gasteiger partial charge in [0.25, 0.3) is 0 Å². The minimum Gasteiger partial charge on any atom is -0.378 e. The molecule has 3 nitrogen and oxygen atoms in total. The van der Waals surface area contributed by atoms with Gasteiger partial charge in [-0.1, -0.05) is 33.1 Å². The summed E-state index contributed by atoms with van der Waals surface area (Å²) in [4.78, 5) is 0. The zero-order chi connectivity index (χ0) is 13.0. The van der Waals surface area contributed by atoms with Crippen LogP contribution < -0.4 is 11.1 Å². The van der Waals surface area contributed by atoms with Crippen molar-refractivity contribution in [3.8, 4) is 0 Å². The Morgan fingerprint density at radius 3 is 2.61 bits per heavy atom. The molecular formula is C15H30N2O. The van der Waals surface area contributed by atoms with E-state index in [1.54, 1.807) is 0 Å². The Morgan fingerprint density at radius 1 is 1.28 bits per heavy atom. The summed E-state index contributed by atoms with van der Waals surface area (Å²) in [5, 5.41) is 3.90. The quantitative estimate of drug-likeness (QED) is 0.810. The fourth-order valence-electron chi connectivity index (χ4n) is 3.44. The first-order chi connectivity index (χ1) is 8.65. The average molecular weight is 254 g/mol. The van der Waals surface area contributed by atoms with Crippen molar-refractivity contribution >= 4 is 0 Å². The predicted octanol–water partition coefficient (Wildman–Crippen LogP) is 2.44. The zero-order valence-corrected chi connectivity index (χ0v) is 12.1. The summed E-state index contributed by atoms with van der Waals surface area (Å²) in [6, 6.07) is 0.688. The van der Waals surface area contributed by atoms with Gasteiger partial charge in [0.15, 0.2) is 0 Å². The normalized spacial score (nSPS) is 35.0. The van der Waals surface area contributed by atoms with E-state index in [1.165, 1.54) is 32.1 Å². The van der Waals surface area contributed by atoms with Crippen LogP contribution in [0.3, 0.4) is 0 Å². The molecule has 2 atom stereocenters. The first-order valence-corrected chi connectivity index (χ1v) is 7.74. The summed E-state index contributed by atoms with van der Waals surface area (Å²) >= 11 is 0. The van der Waals surface area contributed by atoms with Crippen LogP contribution in [0.15, 0.2) is 0 Å². The van der Waals surface area contributed by atoms with Crippen molar-refractivity contribution in [1.29, 1.82) is 0 Å². The van der Waals surface area contributed by atoms with Gasteiger partial charge in [-0.05, 0) is 31.6 Å². The maximum absolute atomic E-state index is 6.10. The van der Waals surface area contributed by atoms with E-state index in [0.29, 0.717) is 18.1 Å². The molecule has 0 bridgehead atoms. The standard InChI is InChI=1S/C15H30N2O/c1-12(2)14-10-15(11-16,8-9-18-14)17-13-6-4-3-5-7-13/h12-14,17H,3-11,16H2,1-2H3. The maximum atomic E-state index is 6.10. The molecule has 1 aliphatic heterocycles. The van der Waals surface area contributed by atoms with Crippen LogP contribution in [0, 0.1) is 5.92 Å². The lowest BCUT2D eigenvalue weighted by atomic mass is 9.81. The third kappa shape index (κ3) is 3.46. The smallest absolute Gasteiger partial charge is 0.0616 e. The third-order valence-corrected chi connectivity index (χ3v) is 4.75. The highest BCUT2D eigenvalue weighted by atomic mass is 16.5. The van der Waals surface area contributed by atoms with Crippen LogP contribution in [0.1, 0.15) is 58.8 Å². The van der Waals surface area contributed by atoms with Gasteiger partial charge in [0.05, 0.1) is 6.10 Å². The molecule has 3 heteroatoms. The van der Waals surface area contributed by atoms with Crippen molar-refractivity contribution < 1.29 is 4.74 Å². The molecule has 1 saturated carbocycles. The van der Waals surface area contributed by atoms with Gasteiger partial charge in [-0.3, -0.25) is 0 Å². The molecule has 0 aromatic rings. The van der Waals surface area contributed by atoms with E-state index in [-0.39, 0.29) is 5.54 Å². The second-order valence-electron chi connectivity index (χ2n) is 6.57. The van der Waals surface area contributed by atoms with E-state index in [1.807, 2.05) is 0 Å². The number of rotatable bonds is 4. The summed E-state index contributed by atoms with van der Waals surface area (Å²) in [5.41, 5.74) is 6.23. The maximum Gasteiger partial charge on any atom is 0.0616 e. The first kappa shape index (κ1) is 14.3. The van der Waals surface area contributed by atoms with Gasteiger partial charge in [0, 0.05) is 24.7 Å². The van der Waals surface area contributed by atoms with Crippen molar-refractivity contribution in [2.45, 2.75) is 76.5 Å². The number of nitrogens with two attached hydrogens (primary N) is 1. The Hall–Kier alpha value is -0.120. The van der Waals surface area contributed by atoms with Gasteiger partial charge in [-0.25, -0.2) is 0 Å². The highest BCUT2D eigenvalue weighted by Crippen LogP contribution is 2.30. The van der Waals surface area contributed by atoms with Crippen molar-refractivity contribution in [2.24, 2.45) is 11.7 Å². The summed E-state index contributed by atoms with van der Waals surface area (Å²) in [6.45, 7) is 6.10. The number of hydrogen-bond donors (Lipinski definition) is 2. The van der Waals surface area contributed by atoms with Gasteiger partial charge < -0.3 is 15.8 Å². The van der Waals surface area contributed by atoms with Crippen molar-refractivity contribution in [2.75, 3.05) is 13.2 Å². The first-order valence-electron chi connectivity index (χ1n) is 7.74. The van der Waals surface area contributed by atoms with Gasteiger partial charge in [0.1, 0.15) is 0 Å². The zero-order valence-electron chi connectivity index (χ0n) is 12.1. The molecule has 3 N–H and O–H groups in total. The van der Waals surface area contributed by atoms with Crippen molar-refractivity contribution in [3.05, 3.63) is 0 Å². The Balaban J connectivity index is 1.95. The number of ether oxygens (including phenoxy) is 1. The lowest BCUT2D eigenvalue weighted by Gasteiger charge is -2.45. The Bertz CT molecular complexity index is 251. The molecule has 0 spiro atoms. The van der Waals surface area contributed by atoms with E-state index in [4.69, 9.17) is 10.5 Å². The van der Waals surface area contributed by atoms with Crippen LogP contribution in [0.25, 0.3) is 0 Å². The fourth-order valence-corrected chi connectivity index (χ4v) is 3.44. The lowest BCUT2D eigenvalue weighted by molar-refractivity contribution is -0.0527. The molecule has 2 unspecified atom stereocenters. The van der Waals surface area contributed by atoms with Crippen LogP contribution in [0.4, 0.5) is 0 Å². The molecule has 0 aromatic heterocycles. The summed E-state index contributed by atoms with van der Waals surface area (Å²) in [5.74, 6) is 0.587. The van der Waals surface area contributed by atoms with E-state index in [0.717, 1.165) is 26.0 Å². The van der Waals surface area contributed by atoms with Crippen LogP contribution in [-0.2, 0) is 4.74 Å². The highest BCUT2D eigenvalue weighted by molar-refractivity contribution is 4.97. The topological polar surface area (TPSA) is 47.3 Å². The Kier molecular flexibility index (Phi) is 5.05. The molecule has 0 aromatic carbocycles. The Labute approximate surface area is 112 Å². The number of hydrogen-bond acceptors (Lipinski definition) is 3. The lowest BCUT2D eigenvalue weighted by Crippen LogP contribution is -2.60. The van der Waals surface area contributed by atoms with Crippen LogP contribution >= 0.6 is 0 Å². The van der Waals surface area contributed by atoms with E-state index in [2.05, 4.69) is 19.2 Å². The molecule has 106 valence electrons. The number of nitrogens with one attached hydrogen (secondary N) is 1. The molecule has 18 heavy (non-hydrogen) atoms. The fraction of sp³-hybridized carbons (Fsp3) is 1.00. The molecular weight excluding hydrogens is 224 g/mol. The van der Waals surface area contributed by atoms with Gasteiger partial charge in [-0.15, -0.1) is 0 Å². The minimum atomic E-state index is 0.134. The minimum absolute atomic E-state index is 0.134. The van der Waals surface area contributed by atoms with Gasteiger partial charge in [0.2, 0.25) is 0 Å². The van der Waals surface area contributed by atoms with Crippen molar-refractivity contribution in [1.82, 2.24) is 5.32 Å².